The lowest BCUT2D eigenvalue weighted by Gasteiger charge is -2.13. The SMILES string of the molecule is CC(Nc1ccc2ccccc2n1)c1cnn(Cc2ccccc2)c1. The van der Waals surface area contributed by atoms with E-state index < -0.39 is 0 Å². The molecule has 1 unspecified atom stereocenters. The molecule has 0 spiro atoms. The van der Waals surface area contributed by atoms with Crippen LogP contribution in [0.25, 0.3) is 10.9 Å². The molecular weight excluding hydrogens is 308 g/mol. The van der Waals surface area contributed by atoms with Crippen molar-refractivity contribution in [2.75, 3.05) is 5.32 Å². The largest absolute Gasteiger partial charge is 0.363 e. The topological polar surface area (TPSA) is 42.7 Å². The maximum absolute atomic E-state index is 4.68. The molecule has 2 heterocycles. The number of pyridine rings is 1. The third-order valence-corrected chi connectivity index (χ3v) is 4.30. The summed E-state index contributed by atoms with van der Waals surface area (Å²) in [4.78, 5) is 4.68. The Labute approximate surface area is 147 Å². The van der Waals surface area contributed by atoms with E-state index in [1.807, 2.05) is 41.2 Å². The van der Waals surface area contributed by atoms with Crippen LogP contribution in [0.4, 0.5) is 5.82 Å². The standard InChI is InChI=1S/C21H20N4/c1-16(23-21-12-11-18-9-5-6-10-20(18)24-21)19-13-22-25(15-19)14-17-7-3-2-4-8-17/h2-13,15-16H,14H2,1H3,(H,23,24). The van der Waals surface area contributed by atoms with Crippen LogP contribution in [0.3, 0.4) is 0 Å². The molecule has 1 N–H and O–H groups in total. The molecule has 4 heteroatoms. The first kappa shape index (κ1) is 15.4. The lowest BCUT2D eigenvalue weighted by atomic mass is 10.2. The predicted molar refractivity (Wildman–Crippen MR) is 102 cm³/mol. The Morgan fingerprint density at radius 1 is 0.960 bits per heavy atom. The van der Waals surface area contributed by atoms with Crippen molar-refractivity contribution in [2.45, 2.75) is 19.5 Å². The minimum atomic E-state index is 0.137. The molecule has 124 valence electrons. The van der Waals surface area contributed by atoms with E-state index in [-0.39, 0.29) is 6.04 Å². The van der Waals surface area contributed by atoms with Gasteiger partial charge in [-0.25, -0.2) is 4.98 Å². The van der Waals surface area contributed by atoms with E-state index in [0.29, 0.717) is 0 Å². The second-order valence-corrected chi connectivity index (χ2v) is 6.21. The van der Waals surface area contributed by atoms with Crippen molar-refractivity contribution in [3.63, 3.8) is 0 Å². The van der Waals surface area contributed by atoms with Crippen LogP contribution in [-0.4, -0.2) is 14.8 Å². The molecular formula is C21H20N4. The first-order valence-electron chi connectivity index (χ1n) is 8.46. The van der Waals surface area contributed by atoms with Crippen LogP contribution < -0.4 is 5.32 Å². The highest BCUT2D eigenvalue weighted by Gasteiger charge is 2.09. The molecule has 4 nitrogen and oxygen atoms in total. The number of para-hydroxylation sites is 1. The summed E-state index contributed by atoms with van der Waals surface area (Å²) in [5, 5.41) is 9.09. The molecule has 2 aromatic heterocycles. The van der Waals surface area contributed by atoms with E-state index in [9.17, 15) is 0 Å². The smallest absolute Gasteiger partial charge is 0.127 e. The van der Waals surface area contributed by atoms with Gasteiger partial charge in [0.25, 0.3) is 0 Å². The molecule has 4 rings (SSSR count). The average Bonchev–Trinajstić information content (AvgIpc) is 3.11. The summed E-state index contributed by atoms with van der Waals surface area (Å²) in [6.45, 7) is 2.91. The molecule has 0 saturated carbocycles. The van der Waals surface area contributed by atoms with Crippen LogP contribution in [0, 0.1) is 0 Å². The summed E-state index contributed by atoms with van der Waals surface area (Å²) in [6, 6.07) is 22.8. The maximum Gasteiger partial charge on any atom is 0.127 e. The summed E-state index contributed by atoms with van der Waals surface area (Å²) >= 11 is 0. The molecule has 1 atom stereocenters. The minimum absolute atomic E-state index is 0.137. The number of anilines is 1. The van der Waals surface area contributed by atoms with Gasteiger partial charge in [0.1, 0.15) is 5.82 Å². The Morgan fingerprint density at radius 2 is 1.76 bits per heavy atom. The number of hydrogen-bond acceptors (Lipinski definition) is 3. The molecule has 0 aliphatic rings. The number of nitrogens with zero attached hydrogens (tertiary/aromatic N) is 3. The van der Waals surface area contributed by atoms with Crippen molar-refractivity contribution in [3.8, 4) is 0 Å². The fraction of sp³-hybridized carbons (Fsp3) is 0.143. The lowest BCUT2D eigenvalue weighted by molar-refractivity contribution is 0.685. The Kier molecular flexibility index (Phi) is 4.17. The van der Waals surface area contributed by atoms with E-state index in [0.717, 1.165) is 28.8 Å². The van der Waals surface area contributed by atoms with Gasteiger partial charge in [-0.2, -0.15) is 5.10 Å². The molecule has 0 radical (unpaired) electrons. The maximum atomic E-state index is 4.68. The second kappa shape index (κ2) is 6.77. The summed E-state index contributed by atoms with van der Waals surface area (Å²) < 4.78 is 1.97. The van der Waals surface area contributed by atoms with Gasteiger partial charge in [0, 0.05) is 17.1 Å². The Morgan fingerprint density at radius 3 is 2.64 bits per heavy atom. The second-order valence-electron chi connectivity index (χ2n) is 6.21. The number of rotatable bonds is 5. The molecule has 0 bridgehead atoms. The van der Waals surface area contributed by atoms with Gasteiger partial charge in [-0.05, 0) is 30.7 Å². The number of aromatic nitrogens is 3. The van der Waals surface area contributed by atoms with E-state index in [1.54, 1.807) is 0 Å². The summed E-state index contributed by atoms with van der Waals surface area (Å²) in [5.41, 5.74) is 3.39. The summed E-state index contributed by atoms with van der Waals surface area (Å²) in [7, 11) is 0. The molecule has 0 aliphatic heterocycles. The first-order chi connectivity index (χ1) is 12.3. The van der Waals surface area contributed by atoms with Crippen LogP contribution >= 0.6 is 0 Å². The molecule has 0 saturated heterocycles. The van der Waals surface area contributed by atoms with Crippen molar-refractivity contribution < 1.29 is 0 Å². The van der Waals surface area contributed by atoms with Gasteiger partial charge in [-0.1, -0.05) is 48.5 Å². The van der Waals surface area contributed by atoms with Crippen molar-refractivity contribution in [1.29, 1.82) is 0 Å². The van der Waals surface area contributed by atoms with Crippen molar-refractivity contribution >= 4 is 16.7 Å². The monoisotopic (exact) mass is 328 g/mol. The highest BCUT2D eigenvalue weighted by Crippen LogP contribution is 2.20. The number of nitrogens with one attached hydrogen (secondary N) is 1. The predicted octanol–water partition coefficient (Wildman–Crippen LogP) is 4.65. The molecule has 0 amide bonds. The molecule has 4 aromatic rings. The quantitative estimate of drug-likeness (QED) is 0.580. The van der Waals surface area contributed by atoms with Crippen molar-refractivity contribution in [1.82, 2.24) is 14.8 Å². The number of fused-ring (bicyclic) bond motifs is 1. The van der Waals surface area contributed by atoms with E-state index in [4.69, 9.17) is 0 Å². The van der Waals surface area contributed by atoms with Gasteiger partial charge in [0.2, 0.25) is 0 Å². The molecule has 0 fully saturated rings. The van der Waals surface area contributed by atoms with Crippen LogP contribution in [0.2, 0.25) is 0 Å². The summed E-state index contributed by atoms with van der Waals surface area (Å²) in [6.07, 6.45) is 4.01. The first-order valence-corrected chi connectivity index (χ1v) is 8.46. The van der Waals surface area contributed by atoms with Crippen LogP contribution in [0.5, 0.6) is 0 Å². The number of benzene rings is 2. The third kappa shape index (κ3) is 3.53. The molecule has 0 aliphatic carbocycles. The Bertz CT molecular complexity index is 975. The zero-order valence-corrected chi connectivity index (χ0v) is 14.1. The van der Waals surface area contributed by atoms with Gasteiger partial charge < -0.3 is 5.32 Å². The van der Waals surface area contributed by atoms with Crippen LogP contribution in [0.1, 0.15) is 24.1 Å². The van der Waals surface area contributed by atoms with E-state index in [1.165, 1.54) is 5.56 Å². The summed E-state index contributed by atoms with van der Waals surface area (Å²) in [5.74, 6) is 0.877. The number of hydrogen-bond donors (Lipinski definition) is 1. The van der Waals surface area contributed by atoms with Gasteiger partial charge in [0.05, 0.1) is 24.3 Å². The lowest BCUT2D eigenvalue weighted by Crippen LogP contribution is -2.07. The van der Waals surface area contributed by atoms with Gasteiger partial charge in [-0.3, -0.25) is 4.68 Å². The van der Waals surface area contributed by atoms with Crippen LogP contribution in [-0.2, 0) is 6.54 Å². The Balaban J connectivity index is 1.48. The third-order valence-electron chi connectivity index (χ3n) is 4.30. The van der Waals surface area contributed by atoms with Gasteiger partial charge in [0.15, 0.2) is 0 Å². The zero-order valence-electron chi connectivity index (χ0n) is 14.1. The Hall–Kier alpha value is -3.14. The highest BCUT2D eigenvalue weighted by atomic mass is 15.3. The van der Waals surface area contributed by atoms with E-state index >= 15 is 0 Å². The highest BCUT2D eigenvalue weighted by molar-refractivity contribution is 5.80. The molecule has 25 heavy (non-hydrogen) atoms. The fourth-order valence-electron chi connectivity index (χ4n) is 2.91. The molecule has 2 aromatic carbocycles. The van der Waals surface area contributed by atoms with Crippen LogP contribution in [0.15, 0.2) is 79.1 Å². The van der Waals surface area contributed by atoms with Gasteiger partial charge >= 0.3 is 0 Å². The van der Waals surface area contributed by atoms with Gasteiger partial charge in [-0.15, -0.1) is 0 Å². The fourth-order valence-corrected chi connectivity index (χ4v) is 2.91. The van der Waals surface area contributed by atoms with Crippen molar-refractivity contribution in [2.24, 2.45) is 0 Å². The van der Waals surface area contributed by atoms with E-state index in [2.05, 4.69) is 64.9 Å². The minimum Gasteiger partial charge on any atom is -0.363 e. The zero-order chi connectivity index (χ0) is 17.1. The average molecular weight is 328 g/mol. The normalized spacial score (nSPS) is 12.2. The van der Waals surface area contributed by atoms with Crippen molar-refractivity contribution in [3.05, 3.63) is 90.3 Å².